The molecule has 0 unspecified atom stereocenters. The fourth-order valence-corrected chi connectivity index (χ4v) is 10.7. The maximum Gasteiger partial charge on any atom is 0.164 e. The minimum atomic E-state index is -2.28. The molecule has 0 radical (unpaired) electrons. The molecule has 10 rings (SSSR count). The topological polar surface area (TPSA) is 55.7 Å². The zero-order valence-electron chi connectivity index (χ0n) is 28.7. The SMILES string of the molecule is CP(C)(=O)c1ccc(-c2ccc(C3(c4ccc(-c5nc(-c6ccccc6)nc(-c6ccccc6)n5)cc4)C4CC5CC(C4)CC3C5)cc2)cc1. The van der Waals surface area contributed by atoms with Crippen molar-refractivity contribution in [1.82, 2.24) is 15.0 Å². The lowest BCUT2D eigenvalue weighted by Gasteiger charge is -2.62. The Labute approximate surface area is 295 Å². The van der Waals surface area contributed by atoms with Gasteiger partial charge in [-0.1, -0.05) is 133 Å². The largest absolute Gasteiger partial charge is 0.319 e. The van der Waals surface area contributed by atoms with E-state index in [-0.39, 0.29) is 5.41 Å². The van der Waals surface area contributed by atoms with E-state index in [1.807, 2.05) is 61.9 Å². The summed E-state index contributed by atoms with van der Waals surface area (Å²) in [5.41, 5.74) is 8.20. The minimum absolute atomic E-state index is 0.00506. The van der Waals surface area contributed by atoms with Crippen LogP contribution in [0.3, 0.4) is 0 Å². The first-order valence-electron chi connectivity index (χ1n) is 18.1. The van der Waals surface area contributed by atoms with Crippen molar-refractivity contribution in [3.63, 3.8) is 0 Å². The average Bonchev–Trinajstić information content (AvgIpc) is 3.15. The average molecular weight is 672 g/mol. The molecule has 4 aliphatic rings. The van der Waals surface area contributed by atoms with Crippen molar-refractivity contribution >= 4 is 12.4 Å². The molecule has 0 saturated heterocycles. The Balaban J connectivity index is 1.11. The minimum Gasteiger partial charge on any atom is -0.319 e. The predicted octanol–water partition coefficient (Wildman–Crippen LogP) is 10.5. The highest BCUT2D eigenvalue weighted by atomic mass is 31.2. The van der Waals surface area contributed by atoms with Gasteiger partial charge in [-0.15, -0.1) is 0 Å². The van der Waals surface area contributed by atoms with Gasteiger partial charge in [-0.2, -0.15) is 0 Å². The second-order valence-corrected chi connectivity index (χ2v) is 18.5. The lowest BCUT2D eigenvalue weighted by atomic mass is 9.42. The number of rotatable bonds is 7. The van der Waals surface area contributed by atoms with Crippen LogP contribution in [0.5, 0.6) is 0 Å². The summed E-state index contributed by atoms with van der Waals surface area (Å²) in [6.07, 6.45) is 6.70. The molecule has 5 aromatic carbocycles. The fourth-order valence-electron chi connectivity index (χ4n) is 9.82. The van der Waals surface area contributed by atoms with Crippen LogP contribution in [0, 0.1) is 23.7 Å². The zero-order chi connectivity index (χ0) is 33.9. The molecule has 1 aromatic heterocycles. The van der Waals surface area contributed by atoms with Crippen LogP contribution in [0.2, 0.25) is 0 Å². The molecule has 4 saturated carbocycles. The van der Waals surface area contributed by atoms with Crippen LogP contribution in [0.15, 0.2) is 133 Å². The summed E-state index contributed by atoms with van der Waals surface area (Å²) < 4.78 is 12.6. The molecule has 248 valence electrons. The van der Waals surface area contributed by atoms with Crippen molar-refractivity contribution < 1.29 is 4.57 Å². The molecule has 0 atom stereocenters. The van der Waals surface area contributed by atoms with E-state index in [0.29, 0.717) is 29.3 Å². The first kappa shape index (κ1) is 31.3. The molecule has 4 nitrogen and oxygen atoms in total. The van der Waals surface area contributed by atoms with E-state index < -0.39 is 7.14 Å². The number of hydrogen-bond acceptors (Lipinski definition) is 4. The van der Waals surface area contributed by atoms with Crippen molar-refractivity contribution in [2.75, 3.05) is 13.3 Å². The van der Waals surface area contributed by atoms with Gasteiger partial charge in [0.25, 0.3) is 0 Å². The van der Waals surface area contributed by atoms with E-state index >= 15 is 0 Å². The van der Waals surface area contributed by atoms with Crippen LogP contribution < -0.4 is 5.30 Å². The van der Waals surface area contributed by atoms with E-state index in [1.165, 1.54) is 54.4 Å². The third-order valence-electron chi connectivity index (χ3n) is 11.9. The second kappa shape index (κ2) is 12.3. The van der Waals surface area contributed by atoms with Gasteiger partial charge >= 0.3 is 0 Å². The Kier molecular flexibility index (Phi) is 7.70. The molecular formula is C45H42N3OP. The van der Waals surface area contributed by atoms with Gasteiger partial charge in [0.2, 0.25) is 0 Å². The van der Waals surface area contributed by atoms with Gasteiger partial charge in [0.15, 0.2) is 17.5 Å². The first-order valence-corrected chi connectivity index (χ1v) is 20.7. The summed E-state index contributed by atoms with van der Waals surface area (Å²) in [4.78, 5) is 14.9. The van der Waals surface area contributed by atoms with E-state index in [4.69, 9.17) is 15.0 Å². The highest BCUT2D eigenvalue weighted by molar-refractivity contribution is 7.70. The molecule has 4 bridgehead atoms. The summed E-state index contributed by atoms with van der Waals surface area (Å²) >= 11 is 0. The summed E-state index contributed by atoms with van der Waals surface area (Å²) in [5, 5.41) is 0.929. The molecule has 0 aliphatic heterocycles. The van der Waals surface area contributed by atoms with E-state index in [1.54, 1.807) is 0 Å². The maximum absolute atomic E-state index is 12.6. The second-order valence-electron chi connectivity index (χ2n) is 15.3. The van der Waals surface area contributed by atoms with Gasteiger partial charge in [0, 0.05) is 27.4 Å². The van der Waals surface area contributed by atoms with Crippen LogP contribution in [0.25, 0.3) is 45.3 Å². The molecule has 4 fully saturated rings. The van der Waals surface area contributed by atoms with Gasteiger partial charge in [-0.3, -0.25) is 0 Å². The van der Waals surface area contributed by atoms with Crippen LogP contribution in [-0.2, 0) is 9.98 Å². The molecule has 0 amide bonds. The number of aromatic nitrogens is 3. The zero-order valence-corrected chi connectivity index (χ0v) is 29.6. The fraction of sp³-hybridized carbons (Fsp3) is 0.267. The third kappa shape index (κ3) is 5.46. The summed E-state index contributed by atoms with van der Waals surface area (Å²) in [6, 6.07) is 47.4. The van der Waals surface area contributed by atoms with Gasteiger partial charge in [0.1, 0.15) is 7.14 Å². The van der Waals surface area contributed by atoms with Crippen molar-refractivity contribution in [2.24, 2.45) is 23.7 Å². The van der Waals surface area contributed by atoms with Gasteiger partial charge in [-0.05, 0) is 91.4 Å². The summed E-state index contributed by atoms with van der Waals surface area (Å²) in [6.45, 7) is 3.67. The Hall–Kier alpha value is -4.66. The van der Waals surface area contributed by atoms with Crippen molar-refractivity contribution in [3.05, 3.63) is 145 Å². The van der Waals surface area contributed by atoms with Crippen LogP contribution >= 0.6 is 7.14 Å². The smallest absolute Gasteiger partial charge is 0.164 e. The molecular weight excluding hydrogens is 629 g/mol. The normalized spacial score (nSPS) is 24.0. The molecule has 0 spiro atoms. The monoisotopic (exact) mass is 671 g/mol. The molecule has 50 heavy (non-hydrogen) atoms. The van der Waals surface area contributed by atoms with Crippen molar-refractivity contribution in [1.29, 1.82) is 0 Å². The summed E-state index contributed by atoms with van der Waals surface area (Å²) in [7, 11) is -2.28. The Morgan fingerprint density at radius 2 is 0.820 bits per heavy atom. The van der Waals surface area contributed by atoms with Crippen LogP contribution in [0.1, 0.15) is 43.2 Å². The van der Waals surface area contributed by atoms with Crippen LogP contribution in [0.4, 0.5) is 0 Å². The maximum atomic E-state index is 12.6. The standard InChI is InChI=1S/C45H42N3OP/c1-50(2,49)41-23-17-33(18-24-41)32-13-19-37(20-14-32)45(39-26-30-25-31(28-39)29-40(45)27-30)38-21-15-36(16-22-38)44-47-42(34-9-5-3-6-10-34)46-43(48-44)35-11-7-4-8-12-35/h3-24,30-31,39-40H,25-29H2,1-2H3. The Morgan fingerprint density at radius 3 is 1.22 bits per heavy atom. The van der Waals surface area contributed by atoms with Crippen LogP contribution in [-0.4, -0.2) is 28.3 Å². The first-order chi connectivity index (χ1) is 24.3. The van der Waals surface area contributed by atoms with Crippen molar-refractivity contribution in [2.45, 2.75) is 37.5 Å². The van der Waals surface area contributed by atoms with Crippen molar-refractivity contribution in [3.8, 4) is 45.3 Å². The highest BCUT2D eigenvalue weighted by Crippen LogP contribution is 2.65. The van der Waals surface area contributed by atoms with E-state index in [2.05, 4.69) is 84.9 Å². The molecule has 4 aliphatic carbocycles. The molecule has 6 aromatic rings. The number of nitrogens with zero attached hydrogens (tertiary/aromatic N) is 3. The highest BCUT2D eigenvalue weighted by Gasteiger charge is 2.58. The molecule has 1 heterocycles. The Morgan fingerprint density at radius 1 is 0.460 bits per heavy atom. The van der Waals surface area contributed by atoms with Gasteiger partial charge < -0.3 is 4.57 Å². The lowest BCUT2D eigenvalue weighted by molar-refractivity contribution is -0.0418. The predicted molar refractivity (Wildman–Crippen MR) is 205 cm³/mol. The summed E-state index contributed by atoms with van der Waals surface area (Å²) in [5.74, 6) is 5.09. The third-order valence-corrected chi connectivity index (χ3v) is 13.5. The Bertz CT molecular complexity index is 2110. The van der Waals surface area contributed by atoms with E-state index in [9.17, 15) is 4.57 Å². The molecule has 5 heteroatoms. The number of benzene rings is 5. The lowest BCUT2D eigenvalue weighted by Crippen LogP contribution is -2.56. The van der Waals surface area contributed by atoms with E-state index in [0.717, 1.165) is 33.8 Å². The molecule has 0 N–H and O–H groups in total. The number of hydrogen-bond donors (Lipinski definition) is 0. The quantitative estimate of drug-likeness (QED) is 0.159. The van der Waals surface area contributed by atoms with Gasteiger partial charge in [0.05, 0.1) is 0 Å². The van der Waals surface area contributed by atoms with Gasteiger partial charge in [-0.25, -0.2) is 15.0 Å².